The molecule has 0 amide bonds. The van der Waals surface area contributed by atoms with Gasteiger partial charge in [-0.1, -0.05) is 6.92 Å². The highest BCUT2D eigenvalue weighted by Crippen LogP contribution is 2.08. The lowest BCUT2D eigenvalue weighted by Crippen LogP contribution is -2.34. The van der Waals surface area contributed by atoms with Crippen LogP contribution in [-0.2, 0) is 0 Å². The largest absolute Gasteiger partial charge is 0.315 e. The molecule has 0 spiro atoms. The molecule has 1 heterocycles. The van der Waals surface area contributed by atoms with Crippen LogP contribution in [0.5, 0.6) is 0 Å². The molecule has 0 aliphatic carbocycles. The maximum Gasteiger partial charge on any atom is 0.0192 e. The third-order valence-electron chi connectivity index (χ3n) is 2.68. The number of hydrogen-bond acceptors (Lipinski definition) is 3. The molecule has 2 nitrogen and oxygen atoms in total. The molecule has 1 fully saturated rings. The second-order valence-corrected chi connectivity index (χ2v) is 5.11. The fourth-order valence-corrected chi connectivity index (χ4v) is 1.98. The average molecular weight is 202 g/mol. The van der Waals surface area contributed by atoms with Gasteiger partial charge < -0.3 is 10.6 Å². The van der Waals surface area contributed by atoms with Crippen LogP contribution >= 0.6 is 11.8 Å². The highest BCUT2D eigenvalue weighted by molar-refractivity contribution is 7.99. The molecule has 0 bridgehead atoms. The van der Waals surface area contributed by atoms with Crippen molar-refractivity contribution in [2.45, 2.75) is 37.5 Å². The van der Waals surface area contributed by atoms with Gasteiger partial charge in [0.05, 0.1) is 0 Å². The van der Waals surface area contributed by atoms with E-state index in [0.29, 0.717) is 0 Å². The van der Waals surface area contributed by atoms with Crippen molar-refractivity contribution < 1.29 is 0 Å². The average Bonchev–Trinajstić information content (AvgIpc) is 2.64. The van der Waals surface area contributed by atoms with Gasteiger partial charge in [0.2, 0.25) is 0 Å². The third-order valence-corrected chi connectivity index (χ3v) is 3.72. The Morgan fingerprint density at radius 1 is 1.62 bits per heavy atom. The SMILES string of the molecule is CSC(C)CCNCC1CCCN1. The number of rotatable bonds is 6. The Balaban J connectivity index is 1.88. The van der Waals surface area contributed by atoms with E-state index in [0.717, 1.165) is 17.8 Å². The van der Waals surface area contributed by atoms with Gasteiger partial charge in [0.1, 0.15) is 0 Å². The Hall–Kier alpha value is 0.270. The maximum atomic E-state index is 3.52. The standard InChI is InChI=1S/C10H22N2S/c1-9(13-2)5-7-11-8-10-4-3-6-12-10/h9-12H,3-8H2,1-2H3. The first-order valence-electron chi connectivity index (χ1n) is 5.30. The Morgan fingerprint density at radius 2 is 2.46 bits per heavy atom. The van der Waals surface area contributed by atoms with Crippen molar-refractivity contribution in [3.63, 3.8) is 0 Å². The van der Waals surface area contributed by atoms with Crippen molar-refractivity contribution in [2.24, 2.45) is 0 Å². The second kappa shape index (κ2) is 6.68. The van der Waals surface area contributed by atoms with E-state index in [-0.39, 0.29) is 0 Å². The van der Waals surface area contributed by atoms with E-state index >= 15 is 0 Å². The first kappa shape index (κ1) is 11.3. The summed E-state index contributed by atoms with van der Waals surface area (Å²) in [6, 6.07) is 0.740. The highest BCUT2D eigenvalue weighted by atomic mass is 32.2. The Labute approximate surface area is 86.2 Å². The molecular formula is C10H22N2S. The number of thioether (sulfide) groups is 1. The van der Waals surface area contributed by atoms with Crippen molar-refractivity contribution in [3.05, 3.63) is 0 Å². The van der Waals surface area contributed by atoms with Crippen LogP contribution in [0.15, 0.2) is 0 Å². The summed E-state index contributed by atoms with van der Waals surface area (Å²) in [6.07, 6.45) is 6.18. The quantitative estimate of drug-likeness (QED) is 0.638. The third kappa shape index (κ3) is 4.89. The molecule has 2 atom stereocenters. The molecule has 13 heavy (non-hydrogen) atoms. The second-order valence-electron chi connectivity index (χ2n) is 3.83. The molecule has 0 aromatic carbocycles. The molecular weight excluding hydrogens is 180 g/mol. The van der Waals surface area contributed by atoms with Crippen molar-refractivity contribution in [1.29, 1.82) is 0 Å². The molecule has 3 heteroatoms. The van der Waals surface area contributed by atoms with Crippen LogP contribution in [0.3, 0.4) is 0 Å². The predicted molar refractivity (Wildman–Crippen MR) is 61.5 cm³/mol. The van der Waals surface area contributed by atoms with Crippen LogP contribution in [-0.4, -0.2) is 37.2 Å². The molecule has 1 rings (SSSR count). The first-order chi connectivity index (χ1) is 6.33. The monoisotopic (exact) mass is 202 g/mol. The van der Waals surface area contributed by atoms with Gasteiger partial charge >= 0.3 is 0 Å². The van der Waals surface area contributed by atoms with Gasteiger partial charge in [0, 0.05) is 17.8 Å². The number of nitrogens with one attached hydrogen (secondary N) is 2. The van der Waals surface area contributed by atoms with Crippen molar-refractivity contribution in [3.8, 4) is 0 Å². The summed E-state index contributed by atoms with van der Waals surface area (Å²) in [7, 11) is 0. The summed E-state index contributed by atoms with van der Waals surface area (Å²) in [4.78, 5) is 0. The zero-order valence-electron chi connectivity index (χ0n) is 8.81. The Bertz CT molecular complexity index is 124. The molecule has 0 radical (unpaired) electrons. The normalized spacial score (nSPS) is 24.9. The zero-order valence-corrected chi connectivity index (χ0v) is 9.62. The van der Waals surface area contributed by atoms with Crippen molar-refractivity contribution >= 4 is 11.8 Å². The van der Waals surface area contributed by atoms with E-state index < -0.39 is 0 Å². The summed E-state index contributed by atoms with van der Waals surface area (Å²) in [5.74, 6) is 0. The predicted octanol–water partition coefficient (Wildman–Crippen LogP) is 1.47. The van der Waals surface area contributed by atoms with Gasteiger partial charge in [-0.05, 0) is 38.6 Å². The molecule has 1 saturated heterocycles. The summed E-state index contributed by atoms with van der Waals surface area (Å²) < 4.78 is 0. The van der Waals surface area contributed by atoms with Crippen LogP contribution in [0.25, 0.3) is 0 Å². The lowest BCUT2D eigenvalue weighted by atomic mass is 10.2. The maximum absolute atomic E-state index is 3.52. The molecule has 0 aromatic rings. The van der Waals surface area contributed by atoms with Gasteiger partial charge in [-0.2, -0.15) is 11.8 Å². The van der Waals surface area contributed by atoms with Crippen LogP contribution in [0.1, 0.15) is 26.2 Å². The fourth-order valence-electron chi connectivity index (χ4n) is 1.63. The van der Waals surface area contributed by atoms with E-state index in [1.54, 1.807) is 0 Å². The summed E-state index contributed by atoms with van der Waals surface area (Å²) in [5, 5.41) is 7.80. The van der Waals surface area contributed by atoms with Crippen LogP contribution in [0.2, 0.25) is 0 Å². The van der Waals surface area contributed by atoms with Crippen LogP contribution < -0.4 is 10.6 Å². The van der Waals surface area contributed by atoms with E-state index in [1.165, 1.54) is 32.4 Å². The minimum atomic E-state index is 0.740. The van der Waals surface area contributed by atoms with E-state index in [2.05, 4.69) is 23.8 Å². The van der Waals surface area contributed by atoms with Crippen molar-refractivity contribution in [1.82, 2.24) is 10.6 Å². The summed E-state index contributed by atoms with van der Waals surface area (Å²) in [6.45, 7) is 5.83. The minimum absolute atomic E-state index is 0.740. The molecule has 2 unspecified atom stereocenters. The first-order valence-corrected chi connectivity index (χ1v) is 6.58. The Kier molecular flexibility index (Phi) is 5.83. The minimum Gasteiger partial charge on any atom is -0.315 e. The van der Waals surface area contributed by atoms with Crippen molar-refractivity contribution in [2.75, 3.05) is 25.9 Å². The molecule has 2 N–H and O–H groups in total. The lowest BCUT2D eigenvalue weighted by molar-refractivity contribution is 0.529. The topological polar surface area (TPSA) is 24.1 Å². The summed E-state index contributed by atoms with van der Waals surface area (Å²) >= 11 is 1.95. The van der Waals surface area contributed by atoms with Crippen LogP contribution in [0.4, 0.5) is 0 Å². The Morgan fingerprint density at radius 3 is 3.08 bits per heavy atom. The molecule has 0 aromatic heterocycles. The highest BCUT2D eigenvalue weighted by Gasteiger charge is 2.12. The van der Waals surface area contributed by atoms with Gasteiger partial charge in [-0.15, -0.1) is 0 Å². The van der Waals surface area contributed by atoms with Gasteiger partial charge in [-0.3, -0.25) is 0 Å². The van der Waals surface area contributed by atoms with Gasteiger partial charge in [0.15, 0.2) is 0 Å². The van der Waals surface area contributed by atoms with Crippen LogP contribution in [0, 0.1) is 0 Å². The fraction of sp³-hybridized carbons (Fsp3) is 1.00. The van der Waals surface area contributed by atoms with E-state index in [9.17, 15) is 0 Å². The smallest absolute Gasteiger partial charge is 0.0192 e. The number of hydrogen-bond donors (Lipinski definition) is 2. The van der Waals surface area contributed by atoms with Gasteiger partial charge in [-0.25, -0.2) is 0 Å². The summed E-state index contributed by atoms with van der Waals surface area (Å²) in [5.41, 5.74) is 0. The zero-order chi connectivity index (χ0) is 9.52. The molecule has 1 aliphatic rings. The van der Waals surface area contributed by atoms with E-state index in [1.807, 2.05) is 11.8 Å². The van der Waals surface area contributed by atoms with E-state index in [4.69, 9.17) is 0 Å². The lowest BCUT2D eigenvalue weighted by Gasteiger charge is -2.12. The van der Waals surface area contributed by atoms with Gasteiger partial charge in [0.25, 0.3) is 0 Å². The molecule has 0 saturated carbocycles. The molecule has 78 valence electrons. The molecule has 1 aliphatic heterocycles.